The van der Waals surface area contributed by atoms with Crippen LogP contribution in [0.1, 0.15) is 66.2 Å². The highest BCUT2D eigenvalue weighted by molar-refractivity contribution is 7.98. The molecule has 1 fully saturated rings. The van der Waals surface area contributed by atoms with Gasteiger partial charge in [0.15, 0.2) is 8.32 Å². The van der Waals surface area contributed by atoms with Crippen LogP contribution in [0.5, 0.6) is 0 Å². The molecule has 0 heterocycles. The van der Waals surface area contributed by atoms with Crippen molar-refractivity contribution in [3.8, 4) is 0 Å². The van der Waals surface area contributed by atoms with Gasteiger partial charge >= 0.3 is 6.09 Å². The molecular formula is C21H42N2O4SSi. The van der Waals surface area contributed by atoms with Crippen LogP contribution in [0.3, 0.4) is 0 Å². The van der Waals surface area contributed by atoms with Crippen molar-refractivity contribution in [2.45, 2.75) is 103 Å². The maximum Gasteiger partial charge on any atom is 0.405 e. The molecular weight excluding hydrogens is 404 g/mol. The quantitative estimate of drug-likeness (QED) is 0.418. The van der Waals surface area contributed by atoms with Gasteiger partial charge in [-0.2, -0.15) is 11.8 Å². The summed E-state index contributed by atoms with van der Waals surface area (Å²) in [7, 11) is -1.82. The van der Waals surface area contributed by atoms with Gasteiger partial charge < -0.3 is 20.2 Å². The molecule has 1 saturated carbocycles. The van der Waals surface area contributed by atoms with Gasteiger partial charge in [0.1, 0.15) is 6.04 Å². The first-order chi connectivity index (χ1) is 13.4. The van der Waals surface area contributed by atoms with Crippen LogP contribution in [-0.4, -0.2) is 55.6 Å². The Hall–Kier alpha value is -0.733. The molecule has 170 valence electrons. The van der Waals surface area contributed by atoms with Crippen LogP contribution in [0.4, 0.5) is 4.79 Å². The number of hydrogen-bond donors (Lipinski definition) is 3. The van der Waals surface area contributed by atoms with Crippen molar-refractivity contribution in [1.82, 2.24) is 10.6 Å². The molecule has 1 rings (SSSR count). The lowest BCUT2D eigenvalue weighted by molar-refractivity contribution is -0.124. The highest BCUT2D eigenvalue weighted by Gasteiger charge is 2.41. The SMILES string of the molecule is CCC[C@H]1C[C@H](O[Si](C)(C)C(C)(C)C)CC[C@@H]1NC(=O)[C@H](CCSC)NC(=O)O. The Morgan fingerprint density at radius 3 is 2.45 bits per heavy atom. The Labute approximate surface area is 182 Å². The molecule has 0 aliphatic heterocycles. The van der Waals surface area contributed by atoms with Crippen molar-refractivity contribution < 1.29 is 19.1 Å². The Morgan fingerprint density at radius 1 is 1.28 bits per heavy atom. The zero-order chi connectivity index (χ0) is 22.2. The molecule has 0 aromatic carbocycles. The maximum atomic E-state index is 12.8. The summed E-state index contributed by atoms with van der Waals surface area (Å²) in [5, 5.41) is 14.8. The maximum absolute atomic E-state index is 12.8. The van der Waals surface area contributed by atoms with Gasteiger partial charge in [0.05, 0.1) is 0 Å². The predicted molar refractivity (Wildman–Crippen MR) is 124 cm³/mol. The molecule has 0 unspecified atom stereocenters. The summed E-state index contributed by atoms with van der Waals surface area (Å²) in [6.07, 6.45) is 6.47. The number of carbonyl (C=O) groups excluding carboxylic acids is 1. The fourth-order valence-corrected chi connectivity index (χ4v) is 5.61. The normalized spacial score (nSPS) is 24.0. The fourth-order valence-electron chi connectivity index (χ4n) is 3.74. The zero-order valence-electron chi connectivity index (χ0n) is 19.3. The molecule has 0 bridgehead atoms. The molecule has 2 amide bonds. The second-order valence-electron chi connectivity index (χ2n) is 9.76. The largest absolute Gasteiger partial charge is 0.465 e. The molecule has 4 atom stereocenters. The van der Waals surface area contributed by atoms with Gasteiger partial charge in [-0.1, -0.05) is 34.1 Å². The van der Waals surface area contributed by atoms with E-state index in [4.69, 9.17) is 9.53 Å². The summed E-state index contributed by atoms with van der Waals surface area (Å²) < 4.78 is 6.66. The van der Waals surface area contributed by atoms with Crippen molar-refractivity contribution in [2.24, 2.45) is 5.92 Å². The van der Waals surface area contributed by atoms with E-state index in [1.807, 2.05) is 6.26 Å². The molecule has 0 spiro atoms. The summed E-state index contributed by atoms with van der Waals surface area (Å²) in [4.78, 5) is 23.9. The van der Waals surface area contributed by atoms with Crippen LogP contribution in [0.15, 0.2) is 0 Å². The van der Waals surface area contributed by atoms with E-state index >= 15 is 0 Å². The van der Waals surface area contributed by atoms with Crippen molar-refractivity contribution in [1.29, 1.82) is 0 Å². The number of hydrogen-bond acceptors (Lipinski definition) is 4. The third-order valence-corrected chi connectivity index (χ3v) is 11.6. The number of carboxylic acid groups (broad SMARTS) is 1. The van der Waals surface area contributed by atoms with Crippen LogP contribution in [0.25, 0.3) is 0 Å². The minimum absolute atomic E-state index is 0.0918. The predicted octanol–water partition coefficient (Wildman–Crippen LogP) is 4.85. The van der Waals surface area contributed by atoms with Crippen molar-refractivity contribution in [2.75, 3.05) is 12.0 Å². The lowest BCUT2D eigenvalue weighted by Gasteiger charge is -2.43. The van der Waals surface area contributed by atoms with Gasteiger partial charge in [0, 0.05) is 12.1 Å². The Bertz CT molecular complexity index is 539. The molecule has 0 saturated heterocycles. The van der Waals surface area contributed by atoms with E-state index in [9.17, 15) is 9.59 Å². The molecule has 8 heteroatoms. The molecule has 6 nitrogen and oxygen atoms in total. The lowest BCUT2D eigenvalue weighted by Crippen LogP contribution is -2.54. The van der Waals surface area contributed by atoms with Crippen LogP contribution >= 0.6 is 11.8 Å². The van der Waals surface area contributed by atoms with Crippen LogP contribution in [0.2, 0.25) is 18.1 Å². The Balaban J connectivity index is 2.77. The summed E-state index contributed by atoms with van der Waals surface area (Å²) in [5.74, 6) is 0.916. The number of carbonyl (C=O) groups is 2. The van der Waals surface area contributed by atoms with E-state index in [-0.39, 0.29) is 23.1 Å². The average molecular weight is 447 g/mol. The van der Waals surface area contributed by atoms with E-state index < -0.39 is 20.5 Å². The first kappa shape index (κ1) is 26.3. The molecule has 1 aliphatic rings. The second kappa shape index (κ2) is 11.6. The van der Waals surface area contributed by atoms with Crippen LogP contribution in [0, 0.1) is 5.92 Å². The average Bonchev–Trinajstić information content (AvgIpc) is 2.59. The molecule has 0 aromatic heterocycles. The summed E-state index contributed by atoms with van der Waals surface area (Å²) in [6.45, 7) is 13.5. The van der Waals surface area contributed by atoms with E-state index in [0.29, 0.717) is 12.3 Å². The molecule has 3 N–H and O–H groups in total. The number of nitrogens with one attached hydrogen (secondary N) is 2. The van der Waals surface area contributed by atoms with Crippen molar-refractivity contribution in [3.05, 3.63) is 0 Å². The number of rotatable bonds is 10. The molecule has 0 radical (unpaired) electrons. The molecule has 1 aliphatic carbocycles. The van der Waals surface area contributed by atoms with Crippen molar-refractivity contribution in [3.63, 3.8) is 0 Å². The third-order valence-electron chi connectivity index (χ3n) is 6.41. The monoisotopic (exact) mass is 446 g/mol. The van der Waals surface area contributed by atoms with E-state index in [2.05, 4.69) is 51.4 Å². The first-order valence-electron chi connectivity index (χ1n) is 10.9. The standard InChI is InChI=1S/C21H42N2O4SSi/c1-8-9-15-14-16(27-29(6,7)21(2,3)4)10-11-17(15)22-19(24)18(12-13-28-5)23-20(25)26/h15-18,23H,8-14H2,1-7H3,(H,22,24)(H,25,26)/t15-,16+,17-,18-/m0/s1. The lowest BCUT2D eigenvalue weighted by atomic mass is 9.80. The minimum Gasteiger partial charge on any atom is -0.465 e. The highest BCUT2D eigenvalue weighted by Crippen LogP contribution is 2.40. The summed E-state index contributed by atoms with van der Waals surface area (Å²) in [6, 6.07) is -0.600. The Kier molecular flexibility index (Phi) is 10.5. The van der Waals surface area contributed by atoms with Crippen molar-refractivity contribution >= 4 is 32.1 Å². The fraction of sp³-hybridized carbons (Fsp3) is 0.905. The molecule has 0 aromatic rings. The Morgan fingerprint density at radius 2 is 1.93 bits per heavy atom. The van der Waals surface area contributed by atoms with Gasteiger partial charge in [0.2, 0.25) is 5.91 Å². The second-order valence-corrected chi connectivity index (χ2v) is 15.5. The van der Waals surface area contributed by atoms with Gasteiger partial charge in [-0.25, -0.2) is 4.79 Å². The zero-order valence-corrected chi connectivity index (χ0v) is 21.2. The third kappa shape index (κ3) is 8.50. The van der Waals surface area contributed by atoms with Gasteiger partial charge in [0.25, 0.3) is 0 Å². The number of thioether (sulfide) groups is 1. The van der Waals surface area contributed by atoms with Gasteiger partial charge in [-0.05, 0) is 68.2 Å². The van der Waals surface area contributed by atoms with E-state index in [0.717, 1.165) is 37.9 Å². The summed E-state index contributed by atoms with van der Waals surface area (Å²) in [5.41, 5.74) is 0. The van der Waals surface area contributed by atoms with E-state index in [1.165, 1.54) is 0 Å². The topological polar surface area (TPSA) is 87.7 Å². The van der Waals surface area contributed by atoms with Crippen LogP contribution < -0.4 is 10.6 Å². The minimum atomic E-state index is -1.82. The highest BCUT2D eigenvalue weighted by atomic mass is 32.2. The summed E-state index contributed by atoms with van der Waals surface area (Å²) >= 11 is 1.61. The first-order valence-corrected chi connectivity index (χ1v) is 15.2. The van der Waals surface area contributed by atoms with Crippen LogP contribution in [-0.2, 0) is 9.22 Å². The number of amides is 2. The van der Waals surface area contributed by atoms with Gasteiger partial charge in [-0.3, -0.25) is 4.79 Å². The van der Waals surface area contributed by atoms with Gasteiger partial charge in [-0.15, -0.1) is 0 Å². The molecule has 29 heavy (non-hydrogen) atoms. The smallest absolute Gasteiger partial charge is 0.405 e. The van der Waals surface area contributed by atoms with E-state index in [1.54, 1.807) is 11.8 Å².